The van der Waals surface area contributed by atoms with Gasteiger partial charge in [-0.15, -0.1) is 0 Å². The first-order valence-corrected chi connectivity index (χ1v) is 8.49. The first-order valence-electron chi connectivity index (χ1n) is 8.49. The van der Waals surface area contributed by atoms with Crippen molar-refractivity contribution in [3.8, 4) is 0 Å². The van der Waals surface area contributed by atoms with Crippen LogP contribution in [0.25, 0.3) is 0 Å². The van der Waals surface area contributed by atoms with Crippen LogP contribution in [0.2, 0.25) is 0 Å². The van der Waals surface area contributed by atoms with Gasteiger partial charge in [0.1, 0.15) is 6.04 Å². The molecule has 7 heteroatoms. The third-order valence-electron chi connectivity index (χ3n) is 4.36. The number of hydrogen-bond acceptors (Lipinski definition) is 4. The Morgan fingerprint density at radius 3 is 2.52 bits per heavy atom. The van der Waals surface area contributed by atoms with Crippen LogP contribution in [0.1, 0.15) is 36.5 Å². The van der Waals surface area contributed by atoms with E-state index in [0.29, 0.717) is 30.8 Å². The number of esters is 1. The van der Waals surface area contributed by atoms with Crippen molar-refractivity contribution in [1.82, 2.24) is 9.80 Å². The Kier molecular flexibility index (Phi) is 6.38. The summed E-state index contributed by atoms with van der Waals surface area (Å²) in [6.45, 7) is 3.09. The van der Waals surface area contributed by atoms with Gasteiger partial charge in [-0.05, 0) is 30.7 Å². The van der Waals surface area contributed by atoms with Gasteiger partial charge in [-0.2, -0.15) is 0 Å². The van der Waals surface area contributed by atoms with E-state index < -0.39 is 12.0 Å². The van der Waals surface area contributed by atoms with Gasteiger partial charge in [-0.25, -0.2) is 9.59 Å². The number of carbonyl (C=O) groups excluding carboxylic acids is 3. The van der Waals surface area contributed by atoms with Crippen LogP contribution in [0, 0.1) is 0 Å². The number of ether oxygens (including phenoxy) is 1. The number of methoxy groups -OCH3 is 1. The van der Waals surface area contributed by atoms with Crippen molar-refractivity contribution in [2.24, 2.45) is 0 Å². The number of nitrogens with one attached hydrogen (secondary N) is 1. The quantitative estimate of drug-likeness (QED) is 0.829. The standard InChI is InChI=1S/C18H25N3O4/c1-4-5-6-15-16(22)20(2)11-12-21(15)18(24)19-14-9-7-13(8-10-14)17(23)25-3/h7-10,15H,4-6,11-12H2,1-3H3,(H,19,24)/t15-/m0/s1. The van der Waals surface area contributed by atoms with Crippen molar-refractivity contribution in [2.45, 2.75) is 32.2 Å². The normalized spacial score (nSPS) is 17.4. The molecule has 0 spiro atoms. The maximum Gasteiger partial charge on any atom is 0.337 e. The first kappa shape index (κ1) is 18.8. The van der Waals surface area contributed by atoms with Gasteiger partial charge < -0.3 is 19.9 Å². The highest BCUT2D eigenvalue weighted by Gasteiger charge is 2.35. The lowest BCUT2D eigenvalue weighted by atomic mass is 10.0. The Labute approximate surface area is 147 Å². The monoisotopic (exact) mass is 347 g/mol. The van der Waals surface area contributed by atoms with Crippen molar-refractivity contribution in [3.05, 3.63) is 29.8 Å². The number of carbonyl (C=O) groups is 3. The van der Waals surface area contributed by atoms with E-state index >= 15 is 0 Å². The van der Waals surface area contributed by atoms with Gasteiger partial charge in [0.15, 0.2) is 0 Å². The van der Waals surface area contributed by atoms with Gasteiger partial charge in [0.25, 0.3) is 0 Å². The van der Waals surface area contributed by atoms with Crippen molar-refractivity contribution in [3.63, 3.8) is 0 Å². The maximum absolute atomic E-state index is 12.6. The van der Waals surface area contributed by atoms with E-state index in [2.05, 4.69) is 17.0 Å². The summed E-state index contributed by atoms with van der Waals surface area (Å²) in [7, 11) is 3.08. The number of amides is 3. The van der Waals surface area contributed by atoms with E-state index in [1.54, 1.807) is 41.1 Å². The van der Waals surface area contributed by atoms with E-state index in [4.69, 9.17) is 0 Å². The second kappa shape index (κ2) is 8.50. The van der Waals surface area contributed by atoms with Gasteiger partial charge in [0.2, 0.25) is 5.91 Å². The Hall–Kier alpha value is -2.57. The highest BCUT2D eigenvalue weighted by Crippen LogP contribution is 2.18. The summed E-state index contributed by atoms with van der Waals surface area (Å²) >= 11 is 0. The number of urea groups is 1. The molecule has 0 unspecified atom stereocenters. The Balaban J connectivity index is 2.07. The van der Waals surface area contributed by atoms with Crippen LogP contribution in [-0.2, 0) is 9.53 Å². The topological polar surface area (TPSA) is 79.0 Å². The van der Waals surface area contributed by atoms with Crippen LogP contribution in [0.3, 0.4) is 0 Å². The van der Waals surface area contributed by atoms with E-state index in [1.807, 2.05) is 0 Å². The molecule has 1 aliphatic rings. The van der Waals surface area contributed by atoms with Crippen molar-refractivity contribution >= 4 is 23.6 Å². The van der Waals surface area contributed by atoms with Crippen molar-refractivity contribution in [1.29, 1.82) is 0 Å². The number of nitrogens with zero attached hydrogens (tertiary/aromatic N) is 2. The molecular formula is C18H25N3O4. The molecule has 1 N–H and O–H groups in total. The molecule has 1 aromatic carbocycles. The number of unbranched alkanes of at least 4 members (excludes halogenated alkanes) is 1. The van der Waals surface area contributed by atoms with Gasteiger partial charge in [-0.3, -0.25) is 4.79 Å². The van der Waals surface area contributed by atoms with E-state index in [0.717, 1.165) is 12.8 Å². The molecule has 1 heterocycles. The fraction of sp³-hybridized carbons (Fsp3) is 0.500. The van der Waals surface area contributed by atoms with Crippen LogP contribution in [-0.4, -0.2) is 61.0 Å². The molecule has 1 atom stereocenters. The summed E-state index contributed by atoms with van der Waals surface area (Å²) in [4.78, 5) is 39.7. The molecule has 0 aliphatic carbocycles. The Morgan fingerprint density at radius 2 is 1.92 bits per heavy atom. The minimum Gasteiger partial charge on any atom is -0.465 e. The van der Waals surface area contributed by atoms with Crippen LogP contribution in [0.4, 0.5) is 10.5 Å². The highest BCUT2D eigenvalue weighted by molar-refractivity contribution is 5.95. The average molecular weight is 347 g/mol. The number of benzene rings is 1. The number of anilines is 1. The second-order valence-corrected chi connectivity index (χ2v) is 6.11. The molecule has 2 rings (SSSR count). The smallest absolute Gasteiger partial charge is 0.337 e. The molecule has 1 fully saturated rings. The van der Waals surface area contributed by atoms with Crippen molar-refractivity contribution in [2.75, 3.05) is 32.6 Å². The number of piperazine rings is 1. The van der Waals surface area contributed by atoms with Crippen LogP contribution >= 0.6 is 0 Å². The summed E-state index contributed by atoms with van der Waals surface area (Å²) in [6.07, 6.45) is 2.52. The lowest BCUT2D eigenvalue weighted by molar-refractivity contribution is -0.138. The number of rotatable bonds is 5. The molecule has 136 valence electrons. The molecule has 1 aromatic rings. The summed E-state index contributed by atoms with van der Waals surface area (Å²) in [6, 6.07) is 5.74. The number of likely N-dealkylation sites (N-methyl/N-ethyl adjacent to an activating group) is 1. The minimum atomic E-state index is -0.429. The Morgan fingerprint density at radius 1 is 1.24 bits per heavy atom. The molecule has 7 nitrogen and oxygen atoms in total. The van der Waals surface area contributed by atoms with Gasteiger partial charge >= 0.3 is 12.0 Å². The number of hydrogen-bond donors (Lipinski definition) is 1. The third kappa shape index (κ3) is 4.49. The van der Waals surface area contributed by atoms with E-state index in [9.17, 15) is 14.4 Å². The summed E-state index contributed by atoms with van der Waals surface area (Å²) in [5.74, 6) is -0.446. The SMILES string of the molecule is CCCC[C@H]1C(=O)N(C)CCN1C(=O)Nc1ccc(C(=O)OC)cc1. The van der Waals surface area contributed by atoms with Gasteiger partial charge in [0.05, 0.1) is 12.7 Å². The summed E-state index contributed by atoms with van der Waals surface area (Å²) in [5, 5.41) is 2.80. The van der Waals surface area contributed by atoms with E-state index in [1.165, 1.54) is 7.11 Å². The second-order valence-electron chi connectivity index (χ2n) is 6.11. The average Bonchev–Trinajstić information content (AvgIpc) is 2.62. The predicted octanol–water partition coefficient (Wildman–Crippen LogP) is 2.34. The molecule has 25 heavy (non-hydrogen) atoms. The predicted molar refractivity (Wildman–Crippen MR) is 94.5 cm³/mol. The maximum atomic E-state index is 12.6. The lowest BCUT2D eigenvalue weighted by Gasteiger charge is -2.39. The third-order valence-corrected chi connectivity index (χ3v) is 4.36. The minimum absolute atomic E-state index is 0.0177. The van der Waals surface area contributed by atoms with Crippen LogP contribution < -0.4 is 5.32 Å². The Bertz CT molecular complexity index is 630. The molecule has 1 saturated heterocycles. The molecule has 0 radical (unpaired) electrons. The first-order chi connectivity index (χ1) is 12.0. The molecule has 3 amide bonds. The van der Waals surface area contributed by atoms with Crippen molar-refractivity contribution < 1.29 is 19.1 Å². The lowest BCUT2D eigenvalue weighted by Crippen LogP contribution is -2.58. The van der Waals surface area contributed by atoms with Crippen LogP contribution in [0.15, 0.2) is 24.3 Å². The highest BCUT2D eigenvalue weighted by atomic mass is 16.5. The van der Waals surface area contributed by atoms with E-state index in [-0.39, 0.29) is 11.9 Å². The fourth-order valence-electron chi connectivity index (χ4n) is 2.83. The van der Waals surface area contributed by atoms with Gasteiger partial charge in [-0.1, -0.05) is 19.8 Å². The molecule has 0 aromatic heterocycles. The molecular weight excluding hydrogens is 322 g/mol. The van der Waals surface area contributed by atoms with Crippen LogP contribution in [0.5, 0.6) is 0 Å². The molecule has 0 saturated carbocycles. The summed E-state index contributed by atoms with van der Waals surface area (Å²) in [5.41, 5.74) is 0.981. The van der Waals surface area contributed by atoms with Gasteiger partial charge in [0, 0.05) is 25.8 Å². The zero-order valence-electron chi connectivity index (χ0n) is 14.9. The molecule has 1 aliphatic heterocycles. The largest absolute Gasteiger partial charge is 0.465 e. The summed E-state index contributed by atoms with van der Waals surface area (Å²) < 4.78 is 4.65. The fourth-order valence-corrected chi connectivity index (χ4v) is 2.83. The zero-order chi connectivity index (χ0) is 18.4. The zero-order valence-corrected chi connectivity index (χ0v) is 14.9. The molecule has 0 bridgehead atoms.